The second kappa shape index (κ2) is 11.4. The smallest absolute Gasteiger partial charge is 0.296 e. The van der Waals surface area contributed by atoms with Gasteiger partial charge in [0.15, 0.2) is 4.90 Å². The maximum Gasteiger partial charge on any atom is 0.296 e. The molecule has 0 aliphatic heterocycles. The van der Waals surface area contributed by atoms with E-state index in [0.29, 0.717) is 41.5 Å². The van der Waals surface area contributed by atoms with Crippen molar-refractivity contribution in [3.8, 4) is 17.0 Å². The molecule has 0 spiro atoms. The van der Waals surface area contributed by atoms with Gasteiger partial charge in [0, 0.05) is 18.2 Å². The van der Waals surface area contributed by atoms with E-state index in [1.54, 1.807) is 25.1 Å². The molecule has 0 radical (unpaired) electrons. The first-order valence-corrected chi connectivity index (χ1v) is 14.1. The lowest BCUT2D eigenvalue weighted by Crippen LogP contribution is -2.27. The Morgan fingerprint density at radius 1 is 1.00 bits per heavy atom. The molecule has 7 nitrogen and oxygen atoms in total. The summed E-state index contributed by atoms with van der Waals surface area (Å²) in [5.41, 5.74) is 0.991. The van der Waals surface area contributed by atoms with E-state index >= 15 is 0 Å². The molecule has 2 aromatic carbocycles. The maximum absolute atomic E-state index is 13.9. The molecule has 1 atom stereocenters. The first-order chi connectivity index (χ1) is 18.6. The van der Waals surface area contributed by atoms with Crippen LogP contribution in [-0.2, 0) is 16.3 Å². The Kier molecular flexibility index (Phi) is 8.25. The largest absolute Gasteiger partial charge is 0.493 e. The van der Waals surface area contributed by atoms with E-state index in [4.69, 9.17) is 0 Å². The molecule has 0 saturated carbocycles. The molecule has 0 bridgehead atoms. The van der Waals surface area contributed by atoms with Crippen molar-refractivity contribution in [2.45, 2.75) is 62.3 Å². The fraction of sp³-hybridized carbons (Fsp3) is 0.276. The number of aromatic hydroxyl groups is 1. The summed E-state index contributed by atoms with van der Waals surface area (Å²) >= 11 is 0. The number of aromatic nitrogens is 3. The Morgan fingerprint density at radius 3 is 2.28 bits per heavy atom. The Morgan fingerprint density at radius 2 is 1.67 bits per heavy atom. The van der Waals surface area contributed by atoms with Crippen LogP contribution in [0.25, 0.3) is 11.1 Å². The third kappa shape index (κ3) is 5.47. The quantitative estimate of drug-likeness (QED) is 0.264. The number of halogens is 2. The average Bonchev–Trinajstić information content (AvgIpc) is 2.91. The summed E-state index contributed by atoms with van der Waals surface area (Å²) in [4.78, 5) is 19.8. The fourth-order valence-electron chi connectivity index (χ4n) is 4.63. The third-order valence-corrected chi connectivity index (χ3v) is 8.52. The first kappa shape index (κ1) is 28.1. The highest BCUT2D eigenvalue weighted by Crippen LogP contribution is 2.34. The molecule has 2 heterocycles. The number of benzene rings is 2. The van der Waals surface area contributed by atoms with Crippen LogP contribution in [0, 0.1) is 18.7 Å². The summed E-state index contributed by atoms with van der Waals surface area (Å²) < 4.78 is 56.3. The highest BCUT2D eigenvalue weighted by atomic mass is 32.2. The molecule has 1 unspecified atom stereocenters. The van der Waals surface area contributed by atoms with Crippen molar-refractivity contribution in [2.75, 3.05) is 0 Å². The zero-order chi connectivity index (χ0) is 28.3. The summed E-state index contributed by atoms with van der Waals surface area (Å²) in [7, 11) is -4.50. The minimum absolute atomic E-state index is 0.227. The lowest BCUT2D eigenvalue weighted by Gasteiger charge is -2.25. The van der Waals surface area contributed by atoms with E-state index in [-0.39, 0.29) is 10.7 Å². The van der Waals surface area contributed by atoms with E-state index in [1.807, 2.05) is 13.8 Å². The van der Waals surface area contributed by atoms with Crippen LogP contribution in [0.5, 0.6) is 5.88 Å². The second-order valence-electron chi connectivity index (χ2n) is 9.24. The Bertz CT molecular complexity index is 1650. The monoisotopic (exact) mass is 553 g/mol. The van der Waals surface area contributed by atoms with Gasteiger partial charge in [0.05, 0.1) is 10.9 Å². The van der Waals surface area contributed by atoms with Crippen molar-refractivity contribution in [1.82, 2.24) is 14.5 Å². The Hall–Kier alpha value is -3.92. The van der Waals surface area contributed by atoms with E-state index in [1.165, 1.54) is 47.2 Å². The van der Waals surface area contributed by atoms with Crippen LogP contribution < -0.4 is 5.56 Å². The zero-order valence-corrected chi connectivity index (χ0v) is 22.7. The van der Waals surface area contributed by atoms with Crippen LogP contribution in [0.3, 0.4) is 0 Å². The number of hydrogen-bond donors (Lipinski definition) is 1. The minimum atomic E-state index is -4.50. The van der Waals surface area contributed by atoms with Crippen LogP contribution >= 0.6 is 0 Å². The lowest BCUT2D eigenvalue weighted by atomic mass is 10.0. The fourth-order valence-corrected chi connectivity index (χ4v) is 5.97. The molecule has 0 aliphatic rings. The van der Waals surface area contributed by atoms with Gasteiger partial charge in [-0.3, -0.25) is 9.36 Å². The summed E-state index contributed by atoms with van der Waals surface area (Å²) in [5.74, 6) is -1.53. The van der Waals surface area contributed by atoms with E-state index in [2.05, 4.69) is 9.97 Å². The lowest BCUT2D eigenvalue weighted by molar-refractivity contribution is 0.358. The molecule has 4 rings (SSSR count). The highest BCUT2D eigenvalue weighted by Gasteiger charge is 2.32. The van der Waals surface area contributed by atoms with Crippen LogP contribution in [0.4, 0.5) is 8.78 Å². The van der Waals surface area contributed by atoms with Gasteiger partial charge in [-0.1, -0.05) is 44.5 Å². The molecule has 0 aliphatic carbocycles. The Balaban J connectivity index is 1.86. The van der Waals surface area contributed by atoms with Crippen LogP contribution in [0.2, 0.25) is 0 Å². The number of unbranched alkanes of at least 4 members (excludes halogenated alkanes) is 1. The van der Waals surface area contributed by atoms with E-state index in [9.17, 15) is 27.1 Å². The van der Waals surface area contributed by atoms with Crippen LogP contribution in [-0.4, -0.2) is 28.1 Å². The number of rotatable bonds is 9. The predicted molar refractivity (Wildman–Crippen MR) is 143 cm³/mol. The van der Waals surface area contributed by atoms with Crippen LogP contribution in [0.1, 0.15) is 56.1 Å². The highest BCUT2D eigenvalue weighted by molar-refractivity contribution is 7.91. The van der Waals surface area contributed by atoms with Gasteiger partial charge in [0.25, 0.3) is 5.56 Å². The summed E-state index contributed by atoms with van der Waals surface area (Å²) in [6.07, 6.45) is 3.53. The summed E-state index contributed by atoms with van der Waals surface area (Å²) in [5, 5.41) is 11.4. The van der Waals surface area contributed by atoms with Gasteiger partial charge in [0.2, 0.25) is 21.7 Å². The van der Waals surface area contributed by atoms with Gasteiger partial charge in [0.1, 0.15) is 11.6 Å². The Labute approximate surface area is 225 Å². The van der Waals surface area contributed by atoms with Gasteiger partial charge in [-0.2, -0.15) is 9.37 Å². The van der Waals surface area contributed by atoms with Crippen molar-refractivity contribution in [2.24, 2.45) is 0 Å². The topological polar surface area (TPSA) is 102 Å². The van der Waals surface area contributed by atoms with Gasteiger partial charge in [-0.25, -0.2) is 17.8 Å². The molecule has 0 fully saturated rings. The number of hydrogen-bond acceptors (Lipinski definition) is 6. The normalized spacial score (nSPS) is 12.4. The van der Waals surface area contributed by atoms with Crippen molar-refractivity contribution in [1.29, 1.82) is 0 Å². The van der Waals surface area contributed by atoms with Gasteiger partial charge in [-0.05, 0) is 66.8 Å². The average molecular weight is 554 g/mol. The van der Waals surface area contributed by atoms with Crippen molar-refractivity contribution in [3.05, 3.63) is 99.9 Å². The molecule has 10 heteroatoms. The maximum atomic E-state index is 13.9. The molecule has 39 heavy (non-hydrogen) atoms. The molecule has 0 amide bonds. The molecule has 2 aromatic heterocycles. The minimum Gasteiger partial charge on any atom is -0.493 e. The van der Waals surface area contributed by atoms with Gasteiger partial charge in [-0.15, -0.1) is 0 Å². The SMILES string of the molecule is CCCCc1nc(=O)c(S(=O)(=O)c2ccc(-c3ccnc(F)c3C)cc2)c(O)n1C(CC)c1ccc(F)cc1. The number of nitrogens with zero attached hydrogens (tertiary/aromatic N) is 3. The standard InChI is InChI=1S/C29H29F2N3O4S/c1-4-6-7-25-33-28(35)26(29(36)34(25)24(5-2)20-8-12-21(30)13-9-20)39(37,38)22-14-10-19(11-15-22)23-16-17-32-27(31)18(23)3/h8-17,24,36H,4-7H2,1-3H3. The van der Waals surface area contributed by atoms with E-state index in [0.717, 1.165) is 6.42 Å². The molecular weight excluding hydrogens is 524 g/mol. The molecular formula is C29H29F2N3O4S. The molecule has 1 N–H and O–H groups in total. The number of pyridine rings is 1. The van der Waals surface area contributed by atoms with Gasteiger partial charge >= 0.3 is 0 Å². The predicted octanol–water partition coefficient (Wildman–Crippen LogP) is 5.77. The molecule has 4 aromatic rings. The summed E-state index contributed by atoms with van der Waals surface area (Å²) in [6.45, 7) is 5.37. The van der Waals surface area contributed by atoms with Crippen molar-refractivity contribution >= 4 is 9.84 Å². The number of aryl methyl sites for hydroxylation is 1. The summed E-state index contributed by atoms with van der Waals surface area (Å²) in [6, 6.07) is 12.3. The third-order valence-electron chi connectivity index (χ3n) is 6.73. The first-order valence-electron chi connectivity index (χ1n) is 12.7. The van der Waals surface area contributed by atoms with Crippen molar-refractivity contribution in [3.63, 3.8) is 0 Å². The van der Waals surface area contributed by atoms with Gasteiger partial charge < -0.3 is 5.11 Å². The van der Waals surface area contributed by atoms with E-state index < -0.39 is 44.0 Å². The van der Waals surface area contributed by atoms with Crippen molar-refractivity contribution < 1.29 is 22.3 Å². The second-order valence-corrected chi connectivity index (χ2v) is 11.1. The molecule has 0 saturated heterocycles. The number of sulfone groups is 1. The molecule has 204 valence electrons. The van der Waals surface area contributed by atoms with Crippen LogP contribution in [0.15, 0.2) is 75.4 Å². The zero-order valence-electron chi connectivity index (χ0n) is 21.9.